The summed E-state index contributed by atoms with van der Waals surface area (Å²) in [7, 11) is 0. The molecule has 2 fully saturated rings. The van der Waals surface area contributed by atoms with Gasteiger partial charge < -0.3 is 19.6 Å². The molecule has 0 aromatic heterocycles. The molecule has 2 aromatic rings. The van der Waals surface area contributed by atoms with Crippen LogP contribution in [0.5, 0.6) is 0 Å². The molecule has 1 amide bonds. The van der Waals surface area contributed by atoms with Gasteiger partial charge in [0.05, 0.1) is 25.9 Å². The molecule has 27 heavy (non-hydrogen) atoms. The van der Waals surface area contributed by atoms with Gasteiger partial charge >= 0.3 is 0 Å². The van der Waals surface area contributed by atoms with Gasteiger partial charge in [-0.05, 0) is 48.2 Å². The molecule has 5 nitrogen and oxygen atoms in total. The fraction of sp³-hybridized carbons (Fsp3) is 0.409. The monoisotopic (exact) mass is 366 g/mol. The lowest BCUT2D eigenvalue weighted by Crippen LogP contribution is -2.37. The van der Waals surface area contributed by atoms with Gasteiger partial charge in [0.25, 0.3) is 5.91 Å². The van der Waals surface area contributed by atoms with Crippen molar-refractivity contribution in [1.82, 2.24) is 4.90 Å². The van der Waals surface area contributed by atoms with Crippen LogP contribution in [-0.2, 0) is 4.74 Å². The smallest absolute Gasteiger partial charge is 0.254 e. The Kier molecular flexibility index (Phi) is 5.41. The van der Waals surface area contributed by atoms with Crippen molar-refractivity contribution in [1.29, 1.82) is 0 Å². The van der Waals surface area contributed by atoms with Gasteiger partial charge in [0.2, 0.25) is 0 Å². The summed E-state index contributed by atoms with van der Waals surface area (Å²) in [5.74, 6) is 0.0146. The number of rotatable bonds is 4. The number of hydrogen-bond acceptors (Lipinski definition) is 4. The standard InChI is InChI=1S/C22H26N2O3/c25-16-21-2-1-11-24(21)22(26)19-5-3-17(4-6-19)18-7-9-20(10-8-18)23-12-14-27-15-13-23/h3-10,21,25H,1-2,11-16H2/t21-/m0/s1. The highest BCUT2D eigenvalue weighted by Gasteiger charge is 2.28. The van der Waals surface area contributed by atoms with Crippen LogP contribution in [0.1, 0.15) is 23.2 Å². The fourth-order valence-corrected chi connectivity index (χ4v) is 3.95. The first kappa shape index (κ1) is 18.0. The molecule has 2 aliphatic heterocycles. The molecule has 1 atom stereocenters. The molecule has 2 heterocycles. The minimum absolute atomic E-state index is 0.0146. The first-order valence-corrected chi connectivity index (χ1v) is 9.71. The normalized spacial score (nSPS) is 20.1. The lowest BCUT2D eigenvalue weighted by atomic mass is 10.0. The molecular weight excluding hydrogens is 340 g/mol. The van der Waals surface area contributed by atoms with Crippen molar-refractivity contribution in [3.63, 3.8) is 0 Å². The highest BCUT2D eigenvalue weighted by atomic mass is 16.5. The number of aliphatic hydroxyl groups excluding tert-OH is 1. The summed E-state index contributed by atoms with van der Waals surface area (Å²) in [4.78, 5) is 16.8. The van der Waals surface area contributed by atoms with Crippen molar-refractivity contribution in [2.24, 2.45) is 0 Å². The Morgan fingerprint density at radius 3 is 2.22 bits per heavy atom. The summed E-state index contributed by atoms with van der Waals surface area (Å²) >= 11 is 0. The van der Waals surface area contributed by atoms with Crippen LogP contribution in [0.4, 0.5) is 5.69 Å². The number of likely N-dealkylation sites (tertiary alicyclic amines) is 1. The lowest BCUT2D eigenvalue weighted by Gasteiger charge is -2.28. The number of nitrogens with zero attached hydrogens (tertiary/aromatic N) is 2. The first-order valence-electron chi connectivity index (χ1n) is 9.71. The van der Waals surface area contributed by atoms with Gasteiger partial charge in [-0.25, -0.2) is 0 Å². The van der Waals surface area contributed by atoms with Gasteiger partial charge in [-0.3, -0.25) is 4.79 Å². The van der Waals surface area contributed by atoms with Crippen molar-refractivity contribution in [3.05, 3.63) is 54.1 Å². The van der Waals surface area contributed by atoms with Gasteiger partial charge in [-0.2, -0.15) is 0 Å². The zero-order chi connectivity index (χ0) is 18.6. The fourth-order valence-electron chi connectivity index (χ4n) is 3.95. The number of benzene rings is 2. The highest BCUT2D eigenvalue weighted by molar-refractivity contribution is 5.95. The van der Waals surface area contributed by atoms with Gasteiger partial charge in [0.1, 0.15) is 0 Å². The van der Waals surface area contributed by atoms with Gasteiger partial charge in [0.15, 0.2) is 0 Å². The number of carbonyl (C=O) groups is 1. The minimum Gasteiger partial charge on any atom is -0.394 e. The van der Waals surface area contributed by atoms with Crippen molar-refractivity contribution in [3.8, 4) is 11.1 Å². The van der Waals surface area contributed by atoms with E-state index >= 15 is 0 Å². The maximum absolute atomic E-state index is 12.7. The number of aliphatic hydroxyl groups is 1. The maximum Gasteiger partial charge on any atom is 0.254 e. The van der Waals surface area contributed by atoms with Crippen LogP contribution in [0.25, 0.3) is 11.1 Å². The van der Waals surface area contributed by atoms with Crippen molar-refractivity contribution in [2.75, 3.05) is 44.4 Å². The topological polar surface area (TPSA) is 53.0 Å². The maximum atomic E-state index is 12.7. The van der Waals surface area contributed by atoms with Crippen LogP contribution >= 0.6 is 0 Å². The Bertz CT molecular complexity index is 767. The second-order valence-electron chi connectivity index (χ2n) is 7.20. The van der Waals surface area contributed by atoms with E-state index in [1.54, 1.807) is 4.90 Å². The first-order chi connectivity index (χ1) is 13.3. The van der Waals surface area contributed by atoms with Crippen LogP contribution in [0.2, 0.25) is 0 Å². The number of hydrogen-bond donors (Lipinski definition) is 1. The van der Waals surface area contributed by atoms with E-state index in [4.69, 9.17) is 4.74 Å². The molecule has 5 heteroatoms. The third-order valence-corrected chi connectivity index (χ3v) is 5.56. The van der Waals surface area contributed by atoms with Gasteiger partial charge in [0, 0.05) is 30.9 Å². The third kappa shape index (κ3) is 3.84. The summed E-state index contributed by atoms with van der Waals surface area (Å²) < 4.78 is 5.41. The molecule has 142 valence electrons. The Balaban J connectivity index is 1.46. The van der Waals surface area contributed by atoms with Crippen LogP contribution in [-0.4, -0.2) is 61.4 Å². The summed E-state index contributed by atoms with van der Waals surface area (Å²) in [6.45, 7) is 4.20. The molecule has 2 saturated heterocycles. The van der Waals surface area contributed by atoms with E-state index in [1.807, 2.05) is 24.3 Å². The van der Waals surface area contributed by atoms with Crippen molar-refractivity contribution >= 4 is 11.6 Å². The van der Waals surface area contributed by atoms with E-state index in [0.717, 1.165) is 56.8 Å². The highest BCUT2D eigenvalue weighted by Crippen LogP contribution is 2.25. The number of anilines is 1. The van der Waals surface area contributed by atoms with E-state index < -0.39 is 0 Å². The Morgan fingerprint density at radius 2 is 1.59 bits per heavy atom. The average molecular weight is 366 g/mol. The third-order valence-electron chi connectivity index (χ3n) is 5.56. The molecule has 0 radical (unpaired) electrons. The summed E-state index contributed by atoms with van der Waals surface area (Å²) in [5, 5.41) is 9.44. The molecule has 1 N–H and O–H groups in total. The molecule has 0 unspecified atom stereocenters. The van der Waals surface area contributed by atoms with E-state index in [2.05, 4.69) is 29.2 Å². The number of morpholine rings is 1. The van der Waals surface area contributed by atoms with E-state index in [-0.39, 0.29) is 18.6 Å². The Hall–Kier alpha value is -2.37. The molecule has 2 aromatic carbocycles. The van der Waals surface area contributed by atoms with E-state index in [0.29, 0.717) is 5.56 Å². The lowest BCUT2D eigenvalue weighted by molar-refractivity contribution is 0.0677. The molecule has 0 bridgehead atoms. The second kappa shape index (κ2) is 8.11. The zero-order valence-corrected chi connectivity index (χ0v) is 15.5. The quantitative estimate of drug-likeness (QED) is 0.904. The Morgan fingerprint density at radius 1 is 0.963 bits per heavy atom. The summed E-state index contributed by atoms with van der Waals surface area (Å²) in [6, 6.07) is 16.3. The van der Waals surface area contributed by atoms with E-state index in [9.17, 15) is 9.90 Å². The number of ether oxygens (including phenoxy) is 1. The second-order valence-corrected chi connectivity index (χ2v) is 7.20. The summed E-state index contributed by atoms with van der Waals surface area (Å²) in [6.07, 6.45) is 1.85. The van der Waals surface area contributed by atoms with Gasteiger partial charge in [-0.1, -0.05) is 24.3 Å². The summed E-state index contributed by atoms with van der Waals surface area (Å²) in [5.41, 5.74) is 4.14. The molecule has 0 saturated carbocycles. The van der Waals surface area contributed by atoms with Crippen LogP contribution < -0.4 is 4.90 Å². The minimum atomic E-state index is -0.0371. The molecule has 0 aliphatic carbocycles. The molecule has 0 spiro atoms. The van der Waals surface area contributed by atoms with Crippen LogP contribution in [0.15, 0.2) is 48.5 Å². The zero-order valence-electron chi connectivity index (χ0n) is 15.5. The van der Waals surface area contributed by atoms with Crippen molar-refractivity contribution < 1.29 is 14.6 Å². The number of amides is 1. The van der Waals surface area contributed by atoms with Gasteiger partial charge in [-0.15, -0.1) is 0 Å². The Labute approximate surface area is 160 Å². The average Bonchev–Trinajstić information content (AvgIpc) is 3.23. The largest absolute Gasteiger partial charge is 0.394 e. The number of carbonyl (C=O) groups excluding carboxylic acids is 1. The predicted octanol–water partition coefficient (Wildman–Crippen LogP) is 2.79. The molecular formula is C22H26N2O3. The molecule has 2 aliphatic rings. The van der Waals surface area contributed by atoms with Crippen molar-refractivity contribution in [2.45, 2.75) is 18.9 Å². The van der Waals surface area contributed by atoms with E-state index in [1.165, 1.54) is 5.69 Å². The van der Waals surface area contributed by atoms with Crippen LogP contribution in [0, 0.1) is 0 Å². The predicted molar refractivity (Wildman–Crippen MR) is 106 cm³/mol. The molecule has 4 rings (SSSR count). The van der Waals surface area contributed by atoms with Crippen LogP contribution in [0.3, 0.4) is 0 Å². The SMILES string of the molecule is O=C(c1ccc(-c2ccc(N3CCOCC3)cc2)cc1)N1CCC[C@H]1CO.